The molecule has 5 heterocycles. The number of nitrogens with zero attached hydrogens (tertiary/aromatic N) is 14. The predicted octanol–water partition coefficient (Wildman–Crippen LogP) is 8.52. The summed E-state index contributed by atoms with van der Waals surface area (Å²) in [5.74, 6) is 0.978. The first-order valence-corrected chi connectivity index (χ1v) is 34.2. The van der Waals surface area contributed by atoms with Crippen molar-refractivity contribution in [3.63, 3.8) is 0 Å². The molecule has 8 rings (SSSR count). The summed E-state index contributed by atoms with van der Waals surface area (Å²) < 4.78 is 0. The highest BCUT2D eigenvalue weighted by Crippen LogP contribution is 2.14. The molecule has 0 saturated carbocycles. The maximum absolute atomic E-state index is 10.6. The minimum absolute atomic E-state index is 0.298. The quantitative estimate of drug-likeness (QED) is 0.158. The molecule has 0 aliphatic carbocycles. The summed E-state index contributed by atoms with van der Waals surface area (Å²) in [5, 5.41) is 0. The lowest BCUT2D eigenvalue weighted by Gasteiger charge is -2.32. The van der Waals surface area contributed by atoms with Crippen LogP contribution in [0.5, 0.6) is 0 Å². The van der Waals surface area contributed by atoms with Crippen LogP contribution in [-0.4, -0.2) is 337 Å². The Bertz CT molecular complexity index is 1990. The topological polar surface area (TPSA) is 88.4 Å². The van der Waals surface area contributed by atoms with Gasteiger partial charge in [0.2, 0.25) is 0 Å². The Hall–Kier alpha value is -3.59. The van der Waals surface area contributed by atoms with Crippen LogP contribution in [0.25, 0.3) is 0 Å². The molecule has 5 aliphatic rings. The van der Waals surface area contributed by atoms with Crippen molar-refractivity contribution in [2.45, 2.75) is 93.7 Å². The lowest BCUT2D eigenvalue weighted by molar-refractivity contribution is 0.148. The van der Waals surface area contributed by atoms with Crippen molar-refractivity contribution in [2.24, 2.45) is 11.7 Å². The summed E-state index contributed by atoms with van der Waals surface area (Å²) in [7, 11) is 31.9. The normalized spacial score (nSPS) is 17.5. The Kier molecular flexibility index (Phi) is 50.7. The Morgan fingerprint density at radius 1 is 0.427 bits per heavy atom. The number of urea groups is 1. The fourth-order valence-corrected chi connectivity index (χ4v) is 9.23. The molecular weight excluding hydrogens is 1100 g/mol. The number of hydrogen-bond acceptors (Lipinski definition) is 14. The number of likely N-dealkylation sites (tertiary alicyclic amines) is 1. The fraction of sp³-hybridized carbons (Fsp3) is 0.740. The van der Waals surface area contributed by atoms with Crippen molar-refractivity contribution in [1.82, 2.24) is 68.6 Å². The number of piperazine rings is 4. The maximum atomic E-state index is 10.6. The zero-order valence-corrected chi connectivity index (χ0v) is 62.2. The van der Waals surface area contributed by atoms with Crippen LogP contribution in [0.3, 0.4) is 0 Å². The number of piperidine rings is 1. The number of hydrogen-bond donors (Lipinski definition) is 1. The van der Waals surface area contributed by atoms with E-state index in [2.05, 4.69) is 284 Å². The zero-order chi connectivity index (χ0) is 67.1. The highest BCUT2D eigenvalue weighted by molar-refractivity contribution is 5.72. The highest BCUT2D eigenvalue weighted by atomic mass is 16.2. The molecule has 16 nitrogen and oxygen atoms in total. The molecule has 0 aromatic heterocycles. The third-order valence-electron chi connectivity index (χ3n) is 16.8. The highest BCUT2D eigenvalue weighted by Gasteiger charge is 2.17. The fourth-order valence-electron chi connectivity index (χ4n) is 9.23. The summed E-state index contributed by atoms with van der Waals surface area (Å²) in [5.41, 5.74) is 13.3. The van der Waals surface area contributed by atoms with Crippen LogP contribution in [0.4, 0.5) is 4.79 Å². The molecule has 2 amide bonds. The molecule has 0 atom stereocenters. The molecule has 3 aromatic carbocycles. The van der Waals surface area contributed by atoms with Gasteiger partial charge in [-0.3, -0.25) is 4.90 Å². The maximum Gasteiger partial charge on any atom is 0.314 e. The minimum atomic E-state index is -0.298. The van der Waals surface area contributed by atoms with Crippen LogP contribution in [0.15, 0.2) is 72.8 Å². The van der Waals surface area contributed by atoms with Gasteiger partial charge in [0.05, 0.1) is 0 Å². The number of amides is 2. The van der Waals surface area contributed by atoms with E-state index >= 15 is 0 Å². The van der Waals surface area contributed by atoms with E-state index in [1.165, 1.54) is 164 Å². The van der Waals surface area contributed by atoms with E-state index in [9.17, 15) is 4.79 Å². The van der Waals surface area contributed by atoms with Gasteiger partial charge in [0.15, 0.2) is 0 Å². The first-order valence-electron chi connectivity index (χ1n) is 34.2. The molecule has 16 heteroatoms. The summed E-state index contributed by atoms with van der Waals surface area (Å²) in [6.07, 6.45) is 6.57. The first kappa shape index (κ1) is 85.4. The lowest BCUT2D eigenvalue weighted by atomic mass is 10.00. The van der Waals surface area contributed by atoms with Gasteiger partial charge in [-0.15, -0.1) is 0 Å². The van der Waals surface area contributed by atoms with Gasteiger partial charge >= 0.3 is 6.03 Å². The number of primary amides is 1. The van der Waals surface area contributed by atoms with Gasteiger partial charge < -0.3 is 69.4 Å². The van der Waals surface area contributed by atoms with Crippen LogP contribution in [0, 0.1) is 26.7 Å². The molecule has 3 aromatic rings. The number of nitrogens with two attached hydrogens (primary N) is 1. The van der Waals surface area contributed by atoms with Gasteiger partial charge in [0.25, 0.3) is 0 Å². The summed E-state index contributed by atoms with van der Waals surface area (Å²) in [6.45, 7) is 45.1. The summed E-state index contributed by atoms with van der Waals surface area (Å²) in [4.78, 5) is 42.5. The second-order valence-corrected chi connectivity index (χ2v) is 27.1. The number of benzene rings is 3. The van der Waals surface area contributed by atoms with Gasteiger partial charge in [-0.1, -0.05) is 124 Å². The van der Waals surface area contributed by atoms with Crippen molar-refractivity contribution in [1.29, 1.82) is 0 Å². The van der Waals surface area contributed by atoms with Gasteiger partial charge in [-0.25, -0.2) is 4.79 Å². The molecule has 5 saturated heterocycles. The first-order chi connectivity index (χ1) is 42.1. The number of unbranched alkanes of at least 4 members (excludes halogenated alkanes) is 1. The third-order valence-corrected chi connectivity index (χ3v) is 16.8. The molecule has 0 spiro atoms. The second-order valence-electron chi connectivity index (χ2n) is 27.1. The molecule has 89 heavy (non-hydrogen) atoms. The van der Waals surface area contributed by atoms with E-state index in [1.807, 2.05) is 7.05 Å². The van der Waals surface area contributed by atoms with Gasteiger partial charge in [-0.2, -0.15) is 0 Å². The standard InChI is InChI=1S/C13H20N2.C13H22N2.C11H17N.C7H16N2.C7H15N.C6H13N3O.C6H14N2.C6H15N.C4H11N/c1-12-3-5-13(6-4-12)11-15-9-7-14(2)8-10-15;1-12-5-7-13(8-6-12)11-15(4)10-9-14(2)3;1-10-4-6-11(7-5-10)8-9-12(2)3;1-3-9-6-4-8(2)5-7-9;1-7-3-5-8(2)6-4-7;1-8-2-4-9(5-3-8)6(7)10;1-7-3-5-8(2)6-4-7;1-4-5-6-7(2)3;1-4-5(2)3/h3-6H,7-11H2,1-2H3;5-8H,9-11H2,1-4H3;4-7H,8-9H2,1-3H3;3-7H2,1-2H3;7H,3-6H2,1-2H3;2-5H2,1H3,(H2,7,10);3-6H2,1-2H3;4-6H2,1-3H3;4H2,1-3H3. The van der Waals surface area contributed by atoms with Gasteiger partial charge in [-0.05, 0) is 208 Å². The minimum Gasteiger partial charge on any atom is -0.351 e. The van der Waals surface area contributed by atoms with E-state index in [1.54, 1.807) is 4.90 Å². The van der Waals surface area contributed by atoms with E-state index in [-0.39, 0.29) is 6.03 Å². The van der Waals surface area contributed by atoms with Crippen LogP contribution in [0.2, 0.25) is 0 Å². The van der Waals surface area contributed by atoms with E-state index in [0.717, 1.165) is 77.8 Å². The largest absolute Gasteiger partial charge is 0.351 e. The second kappa shape index (κ2) is 52.9. The van der Waals surface area contributed by atoms with Crippen LogP contribution < -0.4 is 5.73 Å². The van der Waals surface area contributed by atoms with Crippen LogP contribution >= 0.6 is 0 Å². The Morgan fingerprint density at radius 3 is 1.09 bits per heavy atom. The van der Waals surface area contributed by atoms with E-state index in [4.69, 9.17) is 5.73 Å². The van der Waals surface area contributed by atoms with Gasteiger partial charge in [0.1, 0.15) is 0 Å². The number of carbonyl (C=O) groups is 1. The molecule has 0 bridgehead atoms. The molecule has 5 aliphatic heterocycles. The van der Waals surface area contributed by atoms with E-state index < -0.39 is 0 Å². The van der Waals surface area contributed by atoms with Crippen LogP contribution in [0.1, 0.15) is 86.8 Å². The Balaban J connectivity index is 0.000000996. The summed E-state index contributed by atoms with van der Waals surface area (Å²) in [6, 6.07) is 26.1. The average molecular weight is 1250 g/mol. The van der Waals surface area contributed by atoms with E-state index in [0.29, 0.717) is 0 Å². The monoisotopic (exact) mass is 1250 g/mol. The molecule has 0 unspecified atom stereocenters. The SMILES string of the molecule is CC1CCN(C)CC1.CCCCN(C)C.CCN(C)C.CCN1CCN(C)CC1.CN1CCN(C(N)=O)CC1.CN1CCN(C)CC1.Cc1ccc(CCN(C)C)cc1.Cc1ccc(CN(C)CCN(C)C)cc1.Cc1ccc(CN2CCN(C)CC2)cc1. The number of aryl methyl sites for hydroxylation is 3. The predicted molar refractivity (Wildman–Crippen MR) is 390 cm³/mol. The average Bonchev–Trinajstić information content (AvgIpc) is 3.70. The van der Waals surface area contributed by atoms with Crippen molar-refractivity contribution < 1.29 is 4.79 Å². The Morgan fingerprint density at radius 2 is 0.764 bits per heavy atom. The molecule has 5 fully saturated rings. The Labute approximate surface area is 551 Å². The summed E-state index contributed by atoms with van der Waals surface area (Å²) >= 11 is 0. The number of carbonyl (C=O) groups excluding carboxylic acids is 1. The van der Waals surface area contributed by atoms with Crippen molar-refractivity contribution in [2.75, 3.05) is 263 Å². The van der Waals surface area contributed by atoms with Crippen molar-refractivity contribution >= 4 is 6.03 Å². The molecule has 516 valence electrons. The third kappa shape index (κ3) is 50.6. The molecule has 2 N–H and O–H groups in total. The lowest BCUT2D eigenvalue weighted by Crippen LogP contribution is -2.49. The smallest absolute Gasteiger partial charge is 0.314 e. The van der Waals surface area contributed by atoms with Gasteiger partial charge in [0, 0.05) is 137 Å². The zero-order valence-electron chi connectivity index (χ0n) is 62.2. The van der Waals surface area contributed by atoms with Crippen molar-refractivity contribution in [3.05, 3.63) is 106 Å². The van der Waals surface area contributed by atoms with Crippen molar-refractivity contribution in [3.8, 4) is 0 Å². The molecule has 0 radical (unpaired) electrons. The number of rotatable bonds is 15. The number of likely N-dealkylation sites (N-methyl/N-ethyl adjacent to an activating group) is 9. The van der Waals surface area contributed by atoms with Crippen LogP contribution in [-0.2, 0) is 19.5 Å². The molecular formula is C73H143N15O.